The highest BCUT2D eigenvalue weighted by Gasteiger charge is 2.42. The Morgan fingerprint density at radius 2 is 2.30 bits per heavy atom. The Hall–Kier alpha value is -2.06. The van der Waals surface area contributed by atoms with Gasteiger partial charge >= 0.3 is 0 Å². The molecule has 1 amide bonds. The predicted molar refractivity (Wildman–Crippen MR) is 88.3 cm³/mol. The smallest absolute Gasteiger partial charge is 0.256 e. The van der Waals surface area contributed by atoms with Gasteiger partial charge in [0.25, 0.3) is 5.91 Å². The van der Waals surface area contributed by atoms with Crippen LogP contribution in [0.3, 0.4) is 0 Å². The van der Waals surface area contributed by atoms with Crippen molar-refractivity contribution in [3.8, 4) is 11.8 Å². The van der Waals surface area contributed by atoms with E-state index in [1.165, 1.54) is 0 Å². The van der Waals surface area contributed by atoms with Gasteiger partial charge in [-0.1, -0.05) is 13.3 Å². The Labute approximate surface area is 137 Å². The Morgan fingerprint density at radius 3 is 2.91 bits per heavy atom. The molecular formula is C18H24N2O3. The second-order valence-corrected chi connectivity index (χ2v) is 6.11. The van der Waals surface area contributed by atoms with Crippen LogP contribution in [0.2, 0.25) is 0 Å². The van der Waals surface area contributed by atoms with E-state index in [2.05, 4.69) is 18.3 Å². The number of hydrogen-bond donors (Lipinski definition) is 1. The van der Waals surface area contributed by atoms with Crippen LogP contribution in [0.4, 0.5) is 5.69 Å². The Morgan fingerprint density at radius 1 is 1.52 bits per heavy atom. The number of nitriles is 1. The number of rotatable bonds is 5. The lowest BCUT2D eigenvalue weighted by Crippen LogP contribution is -2.48. The fourth-order valence-corrected chi connectivity index (χ4v) is 3.27. The van der Waals surface area contributed by atoms with Gasteiger partial charge in [-0.3, -0.25) is 4.79 Å². The standard InChI is InChI=1S/C18H24N2O3/c1-4-23-18(9-5-6-13(2)11-18)17(21)20-16-8-7-15(22-3)10-14(16)12-19/h7-8,10,13H,4-6,9,11H2,1-3H3,(H,20,21)/t13-,18-/m1/s1. The van der Waals surface area contributed by atoms with Gasteiger partial charge in [0, 0.05) is 6.61 Å². The zero-order chi connectivity index (χ0) is 16.9. The lowest BCUT2D eigenvalue weighted by atomic mass is 9.78. The van der Waals surface area contributed by atoms with Crippen molar-refractivity contribution < 1.29 is 14.3 Å². The van der Waals surface area contributed by atoms with Crippen LogP contribution in [0.1, 0.15) is 45.1 Å². The number of anilines is 1. The molecule has 23 heavy (non-hydrogen) atoms. The van der Waals surface area contributed by atoms with E-state index >= 15 is 0 Å². The van der Waals surface area contributed by atoms with Crippen LogP contribution in [0, 0.1) is 17.2 Å². The molecule has 1 N–H and O–H groups in total. The average Bonchev–Trinajstić information content (AvgIpc) is 2.55. The molecule has 0 unspecified atom stereocenters. The highest BCUT2D eigenvalue weighted by atomic mass is 16.5. The molecule has 0 aromatic heterocycles. The van der Waals surface area contributed by atoms with Gasteiger partial charge in [-0.05, 0) is 50.3 Å². The van der Waals surface area contributed by atoms with Crippen LogP contribution in [0.5, 0.6) is 5.75 Å². The lowest BCUT2D eigenvalue weighted by Gasteiger charge is -2.38. The van der Waals surface area contributed by atoms with Gasteiger partial charge in [-0.15, -0.1) is 0 Å². The number of hydrogen-bond acceptors (Lipinski definition) is 4. The molecule has 1 aliphatic carbocycles. The first kappa shape index (κ1) is 17.3. The van der Waals surface area contributed by atoms with Crippen LogP contribution < -0.4 is 10.1 Å². The fourth-order valence-electron chi connectivity index (χ4n) is 3.27. The number of benzene rings is 1. The van der Waals surface area contributed by atoms with Gasteiger partial charge in [0.1, 0.15) is 17.4 Å². The average molecular weight is 316 g/mol. The van der Waals surface area contributed by atoms with Crippen LogP contribution in [0.25, 0.3) is 0 Å². The molecule has 1 saturated carbocycles. The third kappa shape index (κ3) is 3.83. The summed E-state index contributed by atoms with van der Waals surface area (Å²) < 4.78 is 11.0. The number of carbonyl (C=O) groups is 1. The summed E-state index contributed by atoms with van der Waals surface area (Å²) in [5.41, 5.74) is 0.0859. The number of carbonyl (C=O) groups excluding carboxylic acids is 1. The molecule has 1 aromatic rings. The normalized spacial score (nSPS) is 23.8. The molecule has 1 fully saturated rings. The number of methoxy groups -OCH3 is 1. The minimum Gasteiger partial charge on any atom is -0.497 e. The largest absolute Gasteiger partial charge is 0.497 e. The molecule has 124 valence electrons. The van der Waals surface area contributed by atoms with Crippen LogP contribution in [0.15, 0.2) is 18.2 Å². The van der Waals surface area contributed by atoms with Gasteiger partial charge in [0.05, 0.1) is 18.4 Å². The second-order valence-electron chi connectivity index (χ2n) is 6.11. The molecule has 0 bridgehead atoms. The SMILES string of the molecule is CCO[C@]1(C(=O)Nc2ccc(OC)cc2C#N)CCC[C@@H](C)C1. The van der Waals surface area contributed by atoms with Crippen molar-refractivity contribution in [3.63, 3.8) is 0 Å². The van der Waals surface area contributed by atoms with Crippen molar-refractivity contribution in [1.82, 2.24) is 0 Å². The minimum atomic E-state index is -0.793. The second kappa shape index (κ2) is 7.47. The number of ether oxygens (including phenoxy) is 2. The summed E-state index contributed by atoms with van der Waals surface area (Å²) in [5.74, 6) is 0.880. The van der Waals surface area contributed by atoms with Crippen molar-refractivity contribution in [2.45, 2.75) is 45.1 Å². The summed E-state index contributed by atoms with van der Waals surface area (Å²) in [6, 6.07) is 7.14. The van der Waals surface area contributed by atoms with E-state index in [1.807, 2.05) is 6.92 Å². The predicted octanol–water partition coefficient (Wildman–Crippen LogP) is 3.49. The molecule has 0 radical (unpaired) electrons. The van der Waals surface area contributed by atoms with E-state index in [0.717, 1.165) is 19.3 Å². The maximum Gasteiger partial charge on any atom is 0.256 e. The Bertz CT molecular complexity index is 605. The molecule has 5 nitrogen and oxygen atoms in total. The topological polar surface area (TPSA) is 71.3 Å². The number of amides is 1. The first-order valence-electron chi connectivity index (χ1n) is 8.08. The molecule has 1 aromatic carbocycles. The van der Waals surface area contributed by atoms with Gasteiger partial charge < -0.3 is 14.8 Å². The molecule has 0 aliphatic heterocycles. The summed E-state index contributed by atoms with van der Waals surface area (Å²) in [7, 11) is 1.54. The van der Waals surface area contributed by atoms with Crippen LogP contribution >= 0.6 is 0 Å². The highest BCUT2D eigenvalue weighted by molar-refractivity contribution is 5.98. The summed E-state index contributed by atoms with van der Waals surface area (Å²) >= 11 is 0. The fraction of sp³-hybridized carbons (Fsp3) is 0.556. The quantitative estimate of drug-likeness (QED) is 0.902. The zero-order valence-electron chi connectivity index (χ0n) is 14.0. The maximum absolute atomic E-state index is 12.9. The highest BCUT2D eigenvalue weighted by Crippen LogP contribution is 2.36. The van der Waals surface area contributed by atoms with Gasteiger partial charge in [-0.2, -0.15) is 5.26 Å². The molecule has 5 heteroatoms. The van der Waals surface area contributed by atoms with E-state index < -0.39 is 5.60 Å². The first-order chi connectivity index (χ1) is 11.0. The third-order valence-corrected chi connectivity index (χ3v) is 4.39. The van der Waals surface area contributed by atoms with Crippen molar-refractivity contribution >= 4 is 11.6 Å². The molecular weight excluding hydrogens is 292 g/mol. The van der Waals surface area contributed by atoms with Crippen molar-refractivity contribution in [2.75, 3.05) is 19.0 Å². The zero-order valence-corrected chi connectivity index (χ0v) is 14.0. The van der Waals surface area contributed by atoms with Crippen molar-refractivity contribution in [3.05, 3.63) is 23.8 Å². The first-order valence-corrected chi connectivity index (χ1v) is 8.08. The molecule has 2 rings (SSSR count). The van der Waals surface area contributed by atoms with Crippen molar-refractivity contribution in [1.29, 1.82) is 5.26 Å². The third-order valence-electron chi connectivity index (χ3n) is 4.39. The number of nitrogens with zero attached hydrogens (tertiary/aromatic N) is 1. The van der Waals surface area contributed by atoms with E-state index in [-0.39, 0.29) is 5.91 Å². The van der Waals surface area contributed by atoms with Crippen LogP contribution in [-0.2, 0) is 9.53 Å². The summed E-state index contributed by atoms with van der Waals surface area (Å²) in [5, 5.41) is 12.2. The van der Waals surface area contributed by atoms with Gasteiger partial charge in [0.2, 0.25) is 0 Å². The van der Waals surface area contributed by atoms with Gasteiger partial charge in [-0.25, -0.2) is 0 Å². The molecule has 2 atom stereocenters. The lowest BCUT2D eigenvalue weighted by molar-refractivity contribution is -0.147. The summed E-state index contributed by atoms with van der Waals surface area (Å²) in [4.78, 5) is 12.9. The maximum atomic E-state index is 12.9. The van der Waals surface area contributed by atoms with E-state index in [0.29, 0.717) is 35.9 Å². The molecule has 0 saturated heterocycles. The molecule has 0 heterocycles. The molecule has 1 aliphatic rings. The minimum absolute atomic E-state index is 0.160. The monoisotopic (exact) mass is 316 g/mol. The van der Waals surface area contributed by atoms with E-state index in [4.69, 9.17) is 9.47 Å². The Balaban J connectivity index is 2.24. The molecule has 0 spiro atoms. The van der Waals surface area contributed by atoms with Gasteiger partial charge in [0.15, 0.2) is 0 Å². The van der Waals surface area contributed by atoms with E-state index in [9.17, 15) is 10.1 Å². The Kier molecular flexibility index (Phi) is 5.62. The van der Waals surface area contributed by atoms with Crippen molar-refractivity contribution in [2.24, 2.45) is 5.92 Å². The summed E-state index contributed by atoms with van der Waals surface area (Å²) in [6.07, 6.45) is 3.52. The summed E-state index contributed by atoms with van der Waals surface area (Å²) in [6.45, 7) is 4.55. The van der Waals surface area contributed by atoms with Crippen LogP contribution in [-0.4, -0.2) is 25.2 Å². The van der Waals surface area contributed by atoms with E-state index in [1.54, 1.807) is 25.3 Å². The number of nitrogens with one attached hydrogen (secondary N) is 1.